The zero-order valence-corrected chi connectivity index (χ0v) is 18.0. The summed E-state index contributed by atoms with van der Waals surface area (Å²) < 4.78 is 27.8. The Morgan fingerprint density at radius 1 is 1.25 bits per heavy atom. The number of nitrogens with zero attached hydrogens (tertiary/aromatic N) is 1. The fourth-order valence-corrected chi connectivity index (χ4v) is 5.37. The molecule has 1 N–H and O–H groups in total. The highest BCUT2D eigenvalue weighted by Gasteiger charge is 2.25. The molecule has 0 saturated carbocycles. The largest absolute Gasteiger partial charge is 0.312 e. The highest BCUT2D eigenvalue weighted by molar-refractivity contribution is 7.98. The smallest absolute Gasteiger partial charge is 0.240 e. The molecule has 0 fully saturated rings. The van der Waals surface area contributed by atoms with Crippen LogP contribution in [-0.4, -0.2) is 33.2 Å². The van der Waals surface area contributed by atoms with Gasteiger partial charge >= 0.3 is 0 Å². The third-order valence-electron chi connectivity index (χ3n) is 4.56. The third kappa shape index (κ3) is 5.08. The molecular weight excluding hydrogens is 416 g/mol. The molecule has 0 atom stereocenters. The van der Waals surface area contributed by atoms with Crippen molar-refractivity contribution < 1.29 is 13.2 Å². The standard InChI is InChI=1S/C20H23ClN2O3S2/c1-2-20(24)23-10-8-16-13-18(6-7-19(16)23)28(25,26)22-9-11-27-14-15-4-3-5-17(21)12-15/h3-7,12-13,22H,2,8-11,14H2,1H3. The molecule has 5 nitrogen and oxygen atoms in total. The first-order valence-corrected chi connectivity index (χ1v) is 12.2. The molecule has 2 aromatic rings. The lowest BCUT2D eigenvalue weighted by molar-refractivity contribution is -0.118. The predicted octanol–water partition coefficient (Wildman–Crippen LogP) is 3.85. The molecule has 0 unspecified atom stereocenters. The van der Waals surface area contributed by atoms with Crippen molar-refractivity contribution in [2.75, 3.05) is 23.7 Å². The molecule has 0 bridgehead atoms. The molecule has 8 heteroatoms. The Balaban J connectivity index is 1.54. The van der Waals surface area contributed by atoms with E-state index in [0.717, 1.165) is 22.6 Å². The maximum atomic E-state index is 12.6. The number of halogens is 1. The van der Waals surface area contributed by atoms with Crippen molar-refractivity contribution in [2.45, 2.75) is 30.4 Å². The average molecular weight is 439 g/mol. The van der Waals surface area contributed by atoms with Crippen LogP contribution in [0.25, 0.3) is 0 Å². The third-order valence-corrected chi connectivity index (χ3v) is 7.28. The van der Waals surface area contributed by atoms with Crippen LogP contribution in [0.3, 0.4) is 0 Å². The van der Waals surface area contributed by atoms with Crippen LogP contribution in [-0.2, 0) is 27.0 Å². The Bertz CT molecular complexity index is 964. The van der Waals surface area contributed by atoms with Gasteiger partial charge in [0.25, 0.3) is 0 Å². The molecule has 1 amide bonds. The van der Waals surface area contributed by atoms with E-state index in [9.17, 15) is 13.2 Å². The summed E-state index contributed by atoms with van der Waals surface area (Å²) >= 11 is 7.61. The number of anilines is 1. The Morgan fingerprint density at radius 3 is 2.82 bits per heavy atom. The van der Waals surface area contributed by atoms with E-state index in [0.29, 0.717) is 36.7 Å². The highest BCUT2D eigenvalue weighted by atomic mass is 35.5. The van der Waals surface area contributed by atoms with Crippen LogP contribution in [0.2, 0.25) is 5.02 Å². The fraction of sp³-hybridized carbons (Fsp3) is 0.350. The Labute approximate surface area is 175 Å². The van der Waals surface area contributed by atoms with Gasteiger partial charge in [-0.05, 0) is 47.9 Å². The molecule has 0 saturated heterocycles. The van der Waals surface area contributed by atoms with Crippen LogP contribution < -0.4 is 9.62 Å². The molecule has 0 spiro atoms. The number of amides is 1. The van der Waals surface area contributed by atoms with E-state index in [2.05, 4.69) is 4.72 Å². The first-order chi connectivity index (χ1) is 13.4. The van der Waals surface area contributed by atoms with E-state index in [1.165, 1.54) is 0 Å². The summed E-state index contributed by atoms with van der Waals surface area (Å²) in [4.78, 5) is 13.9. The number of benzene rings is 2. The number of carbonyl (C=O) groups excluding carboxylic acids is 1. The van der Waals surface area contributed by atoms with Gasteiger partial charge < -0.3 is 4.90 Å². The van der Waals surface area contributed by atoms with Crippen LogP contribution in [0.4, 0.5) is 5.69 Å². The summed E-state index contributed by atoms with van der Waals surface area (Å²) in [5.41, 5.74) is 2.84. The molecule has 28 heavy (non-hydrogen) atoms. The van der Waals surface area contributed by atoms with E-state index >= 15 is 0 Å². The second-order valence-corrected chi connectivity index (χ2v) is 9.83. The molecule has 1 heterocycles. The van der Waals surface area contributed by atoms with E-state index in [4.69, 9.17) is 11.6 Å². The lowest BCUT2D eigenvalue weighted by atomic mass is 10.2. The van der Waals surface area contributed by atoms with Crippen molar-refractivity contribution in [3.63, 3.8) is 0 Å². The second-order valence-electron chi connectivity index (χ2n) is 6.52. The second kappa shape index (κ2) is 9.31. The van der Waals surface area contributed by atoms with Crippen LogP contribution in [0.5, 0.6) is 0 Å². The SMILES string of the molecule is CCC(=O)N1CCc2cc(S(=O)(=O)NCCSCc3cccc(Cl)c3)ccc21. The number of hydrogen-bond acceptors (Lipinski definition) is 4. The highest BCUT2D eigenvalue weighted by Crippen LogP contribution is 2.30. The van der Waals surface area contributed by atoms with Gasteiger partial charge in [-0.3, -0.25) is 4.79 Å². The Morgan fingerprint density at radius 2 is 2.07 bits per heavy atom. The zero-order chi connectivity index (χ0) is 20.1. The van der Waals surface area contributed by atoms with Gasteiger partial charge in [-0.2, -0.15) is 11.8 Å². The summed E-state index contributed by atoms with van der Waals surface area (Å²) in [6, 6.07) is 12.6. The van der Waals surface area contributed by atoms with Crippen molar-refractivity contribution in [1.29, 1.82) is 0 Å². The summed E-state index contributed by atoms with van der Waals surface area (Å²) in [5, 5.41) is 0.703. The summed E-state index contributed by atoms with van der Waals surface area (Å²) in [6.45, 7) is 2.79. The lowest BCUT2D eigenvalue weighted by Gasteiger charge is -2.16. The van der Waals surface area contributed by atoms with Crippen molar-refractivity contribution >= 4 is 45.0 Å². The van der Waals surface area contributed by atoms with Gasteiger partial charge in [0, 0.05) is 41.7 Å². The van der Waals surface area contributed by atoms with Gasteiger partial charge in [0.05, 0.1) is 4.90 Å². The average Bonchev–Trinajstić information content (AvgIpc) is 3.10. The number of fused-ring (bicyclic) bond motifs is 1. The predicted molar refractivity (Wildman–Crippen MR) is 116 cm³/mol. The van der Waals surface area contributed by atoms with Crippen LogP contribution >= 0.6 is 23.4 Å². The van der Waals surface area contributed by atoms with Crippen molar-refractivity contribution in [2.24, 2.45) is 0 Å². The number of sulfonamides is 1. The van der Waals surface area contributed by atoms with Gasteiger partial charge in [0.2, 0.25) is 15.9 Å². The topological polar surface area (TPSA) is 66.5 Å². The molecule has 1 aliphatic rings. The normalized spacial score (nSPS) is 13.6. The Hall–Kier alpha value is -1.54. The lowest BCUT2D eigenvalue weighted by Crippen LogP contribution is -2.28. The molecule has 0 aliphatic carbocycles. The molecule has 0 aromatic heterocycles. The molecule has 3 rings (SSSR count). The quantitative estimate of drug-likeness (QED) is 0.635. The van der Waals surface area contributed by atoms with Crippen molar-refractivity contribution in [1.82, 2.24) is 4.72 Å². The van der Waals surface area contributed by atoms with Gasteiger partial charge in [0.15, 0.2) is 0 Å². The van der Waals surface area contributed by atoms with Gasteiger partial charge in [-0.25, -0.2) is 13.1 Å². The van der Waals surface area contributed by atoms with Crippen molar-refractivity contribution in [3.05, 3.63) is 58.6 Å². The summed E-state index contributed by atoms with van der Waals surface area (Å²) in [5.74, 6) is 1.50. The fourth-order valence-electron chi connectivity index (χ4n) is 3.14. The van der Waals surface area contributed by atoms with Gasteiger partial charge in [0.1, 0.15) is 0 Å². The van der Waals surface area contributed by atoms with Crippen LogP contribution in [0.1, 0.15) is 24.5 Å². The van der Waals surface area contributed by atoms with E-state index in [1.54, 1.807) is 34.9 Å². The van der Waals surface area contributed by atoms with Crippen molar-refractivity contribution in [3.8, 4) is 0 Å². The van der Waals surface area contributed by atoms with Crippen LogP contribution in [0, 0.1) is 0 Å². The van der Waals surface area contributed by atoms with E-state index < -0.39 is 10.0 Å². The molecular formula is C20H23ClN2O3S2. The number of thioether (sulfide) groups is 1. The molecule has 150 valence electrons. The van der Waals surface area contributed by atoms with Gasteiger partial charge in [-0.15, -0.1) is 0 Å². The number of rotatable bonds is 8. The minimum Gasteiger partial charge on any atom is -0.312 e. The minimum absolute atomic E-state index is 0.0595. The zero-order valence-electron chi connectivity index (χ0n) is 15.7. The summed E-state index contributed by atoms with van der Waals surface area (Å²) in [6.07, 6.45) is 1.12. The first-order valence-electron chi connectivity index (χ1n) is 9.16. The number of hydrogen-bond donors (Lipinski definition) is 1. The minimum atomic E-state index is -3.56. The summed E-state index contributed by atoms with van der Waals surface area (Å²) in [7, 11) is -3.56. The maximum Gasteiger partial charge on any atom is 0.240 e. The van der Waals surface area contributed by atoms with Gasteiger partial charge in [-0.1, -0.05) is 30.7 Å². The monoisotopic (exact) mass is 438 g/mol. The number of nitrogens with one attached hydrogen (secondary N) is 1. The maximum absolute atomic E-state index is 12.6. The number of carbonyl (C=O) groups is 1. The van der Waals surface area contributed by atoms with E-state index in [-0.39, 0.29) is 10.8 Å². The van der Waals surface area contributed by atoms with Crippen LogP contribution in [0.15, 0.2) is 47.4 Å². The Kier molecular flexibility index (Phi) is 7.04. The molecule has 2 aromatic carbocycles. The molecule has 1 aliphatic heterocycles. The molecule has 0 radical (unpaired) electrons. The first kappa shape index (κ1) is 21.2. The van der Waals surface area contributed by atoms with E-state index in [1.807, 2.05) is 31.2 Å².